The largest absolute Gasteiger partial charge is 0.482 e. The Bertz CT molecular complexity index is 822. The lowest BCUT2D eigenvalue weighted by atomic mass is 9.77. The van der Waals surface area contributed by atoms with E-state index in [9.17, 15) is 19.2 Å². The number of imide groups is 1. The van der Waals surface area contributed by atoms with Crippen molar-refractivity contribution in [2.45, 2.75) is 38.1 Å². The molecule has 0 aromatic heterocycles. The summed E-state index contributed by atoms with van der Waals surface area (Å²) in [6.07, 6.45) is 2.72. The molecule has 9 nitrogen and oxygen atoms in total. The number of urea groups is 1. The minimum absolute atomic E-state index is 0.381. The molecule has 2 N–H and O–H groups in total. The molecule has 2 fully saturated rings. The summed E-state index contributed by atoms with van der Waals surface area (Å²) in [5.74, 6) is -1.06. The second kappa shape index (κ2) is 8.81. The van der Waals surface area contributed by atoms with Gasteiger partial charge in [-0.25, -0.2) is 9.59 Å². The zero-order valence-electron chi connectivity index (χ0n) is 15.9. The Balaban J connectivity index is 1.45. The number of hydrogen-bond donors (Lipinski definition) is 2. The average Bonchev–Trinajstić information content (AvgIpc) is 2.91. The van der Waals surface area contributed by atoms with Gasteiger partial charge in [-0.1, -0.05) is 28.9 Å². The number of hydrogen-bond acceptors (Lipinski definition) is 6. The van der Waals surface area contributed by atoms with Gasteiger partial charge in [0.15, 0.2) is 13.2 Å². The molecule has 4 amide bonds. The van der Waals surface area contributed by atoms with Gasteiger partial charge in [0.1, 0.15) is 11.3 Å². The molecule has 1 aromatic carbocycles. The van der Waals surface area contributed by atoms with Gasteiger partial charge >= 0.3 is 12.0 Å². The number of nitrogens with zero attached hydrogens (tertiary/aromatic N) is 1. The van der Waals surface area contributed by atoms with Crippen molar-refractivity contribution in [1.29, 1.82) is 0 Å². The summed E-state index contributed by atoms with van der Waals surface area (Å²) in [6, 6.07) is 6.23. The molecule has 29 heavy (non-hydrogen) atoms. The van der Waals surface area contributed by atoms with Gasteiger partial charge in [0, 0.05) is 4.47 Å². The molecule has 1 aromatic rings. The molecule has 10 heteroatoms. The fourth-order valence-corrected chi connectivity index (χ4v) is 3.74. The van der Waals surface area contributed by atoms with Gasteiger partial charge in [-0.2, -0.15) is 5.01 Å². The number of nitrogens with one attached hydrogen (secondary N) is 2. The Kier molecular flexibility index (Phi) is 6.41. The number of hydrazine groups is 1. The Hall–Kier alpha value is -2.62. The van der Waals surface area contributed by atoms with Crippen molar-refractivity contribution >= 4 is 39.7 Å². The van der Waals surface area contributed by atoms with Gasteiger partial charge in [-0.05, 0) is 49.8 Å². The molecule has 0 atom stereocenters. The second-order valence-corrected chi connectivity index (χ2v) is 8.19. The van der Waals surface area contributed by atoms with Crippen LogP contribution >= 0.6 is 15.9 Å². The molecular weight excluding hydrogens is 446 g/mol. The number of carbonyl (C=O) groups excluding carboxylic acids is 4. The van der Waals surface area contributed by atoms with Crippen molar-refractivity contribution < 1.29 is 28.7 Å². The van der Waals surface area contributed by atoms with Crippen LogP contribution < -0.4 is 15.5 Å². The molecule has 3 rings (SSSR count). The minimum atomic E-state index is -0.953. The van der Waals surface area contributed by atoms with Crippen molar-refractivity contribution in [2.24, 2.45) is 5.92 Å². The number of ether oxygens (including phenoxy) is 2. The molecule has 0 radical (unpaired) electrons. The van der Waals surface area contributed by atoms with Crippen molar-refractivity contribution in [2.75, 3.05) is 13.2 Å². The number of carbonyl (C=O) groups is 4. The fraction of sp³-hybridized carbons (Fsp3) is 0.474. The predicted octanol–water partition coefficient (Wildman–Crippen LogP) is 1.90. The highest BCUT2D eigenvalue weighted by Gasteiger charge is 2.52. The van der Waals surface area contributed by atoms with Crippen LogP contribution in [0.3, 0.4) is 0 Å². The molecule has 0 unspecified atom stereocenters. The van der Waals surface area contributed by atoms with Gasteiger partial charge < -0.3 is 14.8 Å². The summed E-state index contributed by atoms with van der Waals surface area (Å²) in [6.45, 7) is 1.08. The lowest BCUT2D eigenvalue weighted by Gasteiger charge is -2.33. The maximum Gasteiger partial charge on any atom is 0.344 e. The van der Waals surface area contributed by atoms with Crippen molar-refractivity contribution in [3.63, 3.8) is 0 Å². The molecule has 1 heterocycles. The summed E-state index contributed by atoms with van der Waals surface area (Å²) in [7, 11) is 0. The molecule has 2 aliphatic rings. The number of rotatable bonds is 6. The highest BCUT2D eigenvalue weighted by molar-refractivity contribution is 9.10. The molecule has 156 valence electrons. The van der Waals surface area contributed by atoms with Crippen LogP contribution in [-0.4, -0.2) is 47.6 Å². The van der Waals surface area contributed by atoms with E-state index < -0.39 is 36.0 Å². The van der Waals surface area contributed by atoms with E-state index in [4.69, 9.17) is 9.47 Å². The predicted molar refractivity (Wildman–Crippen MR) is 104 cm³/mol. The van der Waals surface area contributed by atoms with E-state index in [1.54, 1.807) is 18.2 Å². The summed E-state index contributed by atoms with van der Waals surface area (Å²) < 4.78 is 10.9. The number of esters is 1. The summed E-state index contributed by atoms with van der Waals surface area (Å²) in [5, 5.41) is 3.36. The topological polar surface area (TPSA) is 114 Å². The van der Waals surface area contributed by atoms with E-state index in [2.05, 4.69) is 33.6 Å². The first-order valence-electron chi connectivity index (χ1n) is 9.29. The first-order chi connectivity index (χ1) is 13.8. The molecule has 1 saturated heterocycles. The minimum Gasteiger partial charge on any atom is -0.482 e. The Morgan fingerprint density at radius 3 is 2.69 bits per heavy atom. The Morgan fingerprint density at radius 2 is 2.00 bits per heavy atom. The lowest BCUT2D eigenvalue weighted by molar-refractivity contribution is -0.152. The SMILES string of the molecule is CC1CCC2(CC1)NC(=O)N(NC(=O)COC(=O)COc1cccc(Br)c1)C2=O. The van der Waals surface area contributed by atoms with Crippen LogP contribution in [0.25, 0.3) is 0 Å². The molecule has 1 aliphatic heterocycles. The van der Waals surface area contributed by atoms with Crippen LogP contribution in [0.4, 0.5) is 4.79 Å². The van der Waals surface area contributed by atoms with Gasteiger partial charge in [0.05, 0.1) is 0 Å². The van der Waals surface area contributed by atoms with Gasteiger partial charge in [0.2, 0.25) is 0 Å². The average molecular weight is 468 g/mol. The second-order valence-electron chi connectivity index (χ2n) is 7.28. The zero-order valence-corrected chi connectivity index (χ0v) is 17.5. The monoisotopic (exact) mass is 467 g/mol. The maximum absolute atomic E-state index is 12.7. The quantitative estimate of drug-likeness (QED) is 0.487. The zero-order chi connectivity index (χ0) is 21.0. The molecule has 1 aliphatic carbocycles. The van der Waals surface area contributed by atoms with Crippen molar-refractivity contribution in [3.8, 4) is 5.75 Å². The highest BCUT2D eigenvalue weighted by Crippen LogP contribution is 2.35. The van der Waals surface area contributed by atoms with E-state index in [0.717, 1.165) is 17.3 Å². The third-order valence-corrected chi connectivity index (χ3v) is 5.54. The lowest BCUT2D eigenvalue weighted by Crippen LogP contribution is -2.52. The van der Waals surface area contributed by atoms with E-state index in [0.29, 0.717) is 29.5 Å². The van der Waals surface area contributed by atoms with Gasteiger partial charge in [-0.3, -0.25) is 15.0 Å². The first-order valence-corrected chi connectivity index (χ1v) is 10.1. The van der Waals surface area contributed by atoms with E-state index >= 15 is 0 Å². The maximum atomic E-state index is 12.7. The molecule has 0 bridgehead atoms. The standard InChI is InChI=1S/C19H22BrN3O6/c1-12-5-7-19(8-6-12)17(26)23(18(27)21-19)22-15(24)10-29-16(25)11-28-14-4-2-3-13(20)9-14/h2-4,9,12H,5-8,10-11H2,1H3,(H,21,27)(H,22,24). The summed E-state index contributed by atoms with van der Waals surface area (Å²) >= 11 is 3.29. The molecule has 1 spiro atoms. The van der Waals surface area contributed by atoms with E-state index in [1.807, 2.05) is 6.07 Å². The summed E-state index contributed by atoms with van der Waals surface area (Å²) in [5.41, 5.74) is 1.25. The Morgan fingerprint density at radius 1 is 1.28 bits per heavy atom. The highest BCUT2D eigenvalue weighted by atomic mass is 79.9. The van der Waals surface area contributed by atoms with Crippen LogP contribution in [0.15, 0.2) is 28.7 Å². The normalized spacial score (nSPS) is 23.7. The van der Waals surface area contributed by atoms with Crippen LogP contribution in [-0.2, 0) is 19.1 Å². The Labute approximate surface area is 176 Å². The van der Waals surface area contributed by atoms with Crippen LogP contribution in [0.5, 0.6) is 5.75 Å². The fourth-order valence-electron chi connectivity index (χ4n) is 3.36. The third kappa shape index (κ3) is 5.06. The van der Waals surface area contributed by atoms with Gasteiger partial charge in [0.25, 0.3) is 11.8 Å². The van der Waals surface area contributed by atoms with Crippen molar-refractivity contribution in [1.82, 2.24) is 15.8 Å². The first kappa shape index (κ1) is 21.1. The molecular formula is C19H22BrN3O6. The van der Waals surface area contributed by atoms with Crippen LogP contribution in [0.2, 0.25) is 0 Å². The number of halogens is 1. The van der Waals surface area contributed by atoms with Crippen LogP contribution in [0, 0.1) is 5.92 Å². The van der Waals surface area contributed by atoms with E-state index in [1.165, 1.54) is 0 Å². The smallest absolute Gasteiger partial charge is 0.344 e. The van der Waals surface area contributed by atoms with Gasteiger partial charge in [-0.15, -0.1) is 0 Å². The number of benzene rings is 1. The summed E-state index contributed by atoms with van der Waals surface area (Å²) in [4.78, 5) is 48.6. The number of amides is 4. The molecule has 1 saturated carbocycles. The van der Waals surface area contributed by atoms with Crippen molar-refractivity contribution in [3.05, 3.63) is 28.7 Å². The third-order valence-electron chi connectivity index (χ3n) is 5.04. The van der Waals surface area contributed by atoms with Crippen LogP contribution in [0.1, 0.15) is 32.6 Å². The van der Waals surface area contributed by atoms with E-state index in [-0.39, 0.29) is 6.61 Å².